The van der Waals surface area contributed by atoms with Crippen LogP contribution >= 0.6 is 0 Å². The molecule has 2 aromatic heterocycles. The van der Waals surface area contributed by atoms with E-state index in [1.165, 1.54) is 11.1 Å². The number of alkyl halides is 2. The molecule has 0 aliphatic carbocycles. The largest absolute Gasteiger partial charge is 0.338 e. The van der Waals surface area contributed by atoms with E-state index in [0.29, 0.717) is 16.8 Å². The number of aromatic nitrogens is 2. The Balaban J connectivity index is 1.60. The van der Waals surface area contributed by atoms with Gasteiger partial charge in [-0.15, -0.1) is 0 Å². The van der Waals surface area contributed by atoms with Crippen LogP contribution in [0, 0.1) is 11.3 Å². The standard InChI is InChI=1S/C20H16F2N4O/c21-20(22)6-9-25(10-7-20)19(27)16-11-15-5-8-26(18(15)24-13-16)17-3-1-14(12-23)2-4-17/h1-5,8,11,13H,6-7,9-10H2. The number of rotatable bonds is 2. The van der Waals surface area contributed by atoms with Gasteiger partial charge in [-0.1, -0.05) is 0 Å². The molecule has 0 N–H and O–H groups in total. The molecule has 0 bridgehead atoms. The lowest BCUT2D eigenvalue weighted by Gasteiger charge is -2.31. The minimum atomic E-state index is -2.68. The van der Waals surface area contributed by atoms with Crippen molar-refractivity contribution < 1.29 is 13.6 Å². The zero-order valence-corrected chi connectivity index (χ0v) is 14.4. The molecule has 1 aliphatic heterocycles. The maximum atomic E-state index is 13.3. The monoisotopic (exact) mass is 366 g/mol. The van der Waals surface area contributed by atoms with Crippen molar-refractivity contribution >= 4 is 16.9 Å². The highest BCUT2D eigenvalue weighted by Crippen LogP contribution is 2.28. The lowest BCUT2D eigenvalue weighted by molar-refractivity contribution is -0.0494. The van der Waals surface area contributed by atoms with E-state index in [4.69, 9.17) is 5.26 Å². The van der Waals surface area contributed by atoms with Crippen molar-refractivity contribution in [1.82, 2.24) is 14.5 Å². The van der Waals surface area contributed by atoms with Crippen molar-refractivity contribution in [2.75, 3.05) is 13.1 Å². The summed E-state index contributed by atoms with van der Waals surface area (Å²) < 4.78 is 28.5. The molecule has 0 spiro atoms. The van der Waals surface area contributed by atoms with Gasteiger partial charge in [0, 0.05) is 49.4 Å². The zero-order chi connectivity index (χ0) is 19.0. The van der Waals surface area contributed by atoms with Gasteiger partial charge in [-0.05, 0) is 36.4 Å². The first-order valence-corrected chi connectivity index (χ1v) is 8.62. The van der Waals surface area contributed by atoms with Gasteiger partial charge in [-0.2, -0.15) is 5.26 Å². The summed E-state index contributed by atoms with van der Waals surface area (Å²) in [6, 6.07) is 12.8. The van der Waals surface area contributed by atoms with Gasteiger partial charge in [0.1, 0.15) is 5.65 Å². The van der Waals surface area contributed by atoms with Crippen molar-refractivity contribution in [3.05, 3.63) is 59.9 Å². The van der Waals surface area contributed by atoms with E-state index in [-0.39, 0.29) is 31.8 Å². The van der Waals surface area contributed by atoms with Gasteiger partial charge in [0.05, 0.1) is 17.2 Å². The summed E-state index contributed by atoms with van der Waals surface area (Å²) in [5, 5.41) is 9.69. The van der Waals surface area contributed by atoms with Crippen LogP contribution in [0.15, 0.2) is 48.8 Å². The summed E-state index contributed by atoms with van der Waals surface area (Å²) in [7, 11) is 0. The number of piperidine rings is 1. The Labute approximate surface area is 154 Å². The number of hydrogen-bond donors (Lipinski definition) is 0. The Kier molecular flexibility index (Phi) is 4.11. The summed E-state index contributed by atoms with van der Waals surface area (Å²) in [6.45, 7) is 0.103. The molecule has 0 unspecified atom stereocenters. The average Bonchev–Trinajstić information content (AvgIpc) is 3.10. The van der Waals surface area contributed by atoms with Crippen LogP contribution in [-0.4, -0.2) is 39.4 Å². The van der Waals surface area contributed by atoms with Crippen LogP contribution in [0.1, 0.15) is 28.8 Å². The molecule has 1 fully saturated rings. The van der Waals surface area contributed by atoms with E-state index in [9.17, 15) is 13.6 Å². The number of pyridine rings is 1. The van der Waals surface area contributed by atoms with Gasteiger partial charge in [-0.25, -0.2) is 13.8 Å². The molecule has 7 heteroatoms. The van der Waals surface area contributed by atoms with E-state index in [2.05, 4.69) is 11.1 Å². The van der Waals surface area contributed by atoms with Gasteiger partial charge in [-0.3, -0.25) is 4.79 Å². The van der Waals surface area contributed by atoms with Gasteiger partial charge in [0.15, 0.2) is 0 Å². The Hall–Kier alpha value is -3.27. The first kappa shape index (κ1) is 17.2. The number of hydrogen-bond acceptors (Lipinski definition) is 3. The highest BCUT2D eigenvalue weighted by atomic mass is 19.3. The normalized spacial score (nSPS) is 16.3. The molecule has 0 radical (unpaired) electrons. The predicted molar refractivity (Wildman–Crippen MR) is 95.9 cm³/mol. The number of carbonyl (C=O) groups excluding carboxylic acids is 1. The van der Waals surface area contributed by atoms with E-state index >= 15 is 0 Å². The molecular weight excluding hydrogens is 350 g/mol. The van der Waals surface area contributed by atoms with Crippen LogP contribution in [0.3, 0.4) is 0 Å². The molecule has 5 nitrogen and oxygen atoms in total. The molecule has 0 atom stereocenters. The molecule has 3 heterocycles. The Morgan fingerprint density at radius 3 is 2.52 bits per heavy atom. The number of amides is 1. The molecule has 1 aliphatic rings. The maximum absolute atomic E-state index is 13.3. The third-order valence-electron chi connectivity index (χ3n) is 4.83. The summed E-state index contributed by atoms with van der Waals surface area (Å²) in [4.78, 5) is 18.5. The Morgan fingerprint density at radius 2 is 1.85 bits per heavy atom. The first-order chi connectivity index (χ1) is 13.0. The molecule has 0 saturated carbocycles. The van der Waals surface area contributed by atoms with E-state index < -0.39 is 5.92 Å². The Morgan fingerprint density at radius 1 is 1.15 bits per heavy atom. The smallest absolute Gasteiger partial charge is 0.255 e. The number of carbonyl (C=O) groups is 1. The number of halogens is 2. The minimum Gasteiger partial charge on any atom is -0.338 e. The van der Waals surface area contributed by atoms with E-state index in [1.807, 2.05) is 29.0 Å². The highest BCUT2D eigenvalue weighted by molar-refractivity contribution is 5.97. The minimum absolute atomic E-state index is 0.0517. The van der Waals surface area contributed by atoms with Crippen LogP contribution in [0.25, 0.3) is 16.7 Å². The van der Waals surface area contributed by atoms with Gasteiger partial charge in [0.25, 0.3) is 11.8 Å². The molecular formula is C20H16F2N4O. The predicted octanol–water partition coefficient (Wildman–Crippen LogP) is 3.77. The number of fused-ring (bicyclic) bond motifs is 1. The lowest BCUT2D eigenvalue weighted by Crippen LogP contribution is -2.42. The lowest BCUT2D eigenvalue weighted by atomic mass is 10.1. The quantitative estimate of drug-likeness (QED) is 0.694. The SMILES string of the molecule is N#Cc1ccc(-n2ccc3cc(C(=O)N4CCC(F)(F)CC4)cnc32)cc1. The third kappa shape index (κ3) is 3.26. The number of nitrogens with zero attached hydrogens (tertiary/aromatic N) is 4. The molecule has 1 amide bonds. The van der Waals surface area contributed by atoms with Gasteiger partial charge in [0.2, 0.25) is 0 Å². The fourth-order valence-corrected chi connectivity index (χ4v) is 3.27. The number of nitriles is 1. The van der Waals surface area contributed by atoms with Gasteiger partial charge < -0.3 is 9.47 Å². The second-order valence-corrected chi connectivity index (χ2v) is 6.63. The third-order valence-corrected chi connectivity index (χ3v) is 4.83. The van der Waals surface area contributed by atoms with Gasteiger partial charge >= 0.3 is 0 Å². The highest BCUT2D eigenvalue weighted by Gasteiger charge is 2.35. The second kappa shape index (κ2) is 6.47. The number of benzene rings is 1. The van der Waals surface area contributed by atoms with Crippen molar-refractivity contribution in [1.29, 1.82) is 5.26 Å². The van der Waals surface area contributed by atoms with Crippen LogP contribution in [-0.2, 0) is 0 Å². The van der Waals surface area contributed by atoms with Crippen molar-refractivity contribution in [2.24, 2.45) is 0 Å². The van der Waals surface area contributed by atoms with Crippen molar-refractivity contribution in [3.8, 4) is 11.8 Å². The fourth-order valence-electron chi connectivity index (χ4n) is 3.27. The average molecular weight is 366 g/mol. The first-order valence-electron chi connectivity index (χ1n) is 8.62. The summed E-state index contributed by atoms with van der Waals surface area (Å²) >= 11 is 0. The van der Waals surface area contributed by atoms with Crippen LogP contribution in [0.4, 0.5) is 8.78 Å². The molecule has 3 aromatic rings. The number of likely N-dealkylation sites (tertiary alicyclic amines) is 1. The molecule has 1 aromatic carbocycles. The summed E-state index contributed by atoms with van der Waals surface area (Å²) in [5.41, 5.74) is 2.50. The molecule has 4 rings (SSSR count). The fraction of sp³-hybridized carbons (Fsp3) is 0.250. The van der Waals surface area contributed by atoms with Crippen molar-refractivity contribution in [2.45, 2.75) is 18.8 Å². The summed E-state index contributed by atoms with van der Waals surface area (Å²) in [6.07, 6.45) is 2.72. The van der Waals surface area contributed by atoms with Crippen molar-refractivity contribution in [3.63, 3.8) is 0 Å². The molecule has 27 heavy (non-hydrogen) atoms. The van der Waals surface area contributed by atoms with Crippen LogP contribution in [0.2, 0.25) is 0 Å². The topological polar surface area (TPSA) is 61.9 Å². The second-order valence-electron chi connectivity index (χ2n) is 6.63. The summed E-state index contributed by atoms with van der Waals surface area (Å²) in [5.74, 6) is -2.96. The molecule has 1 saturated heterocycles. The van der Waals surface area contributed by atoms with Crippen LogP contribution in [0.5, 0.6) is 0 Å². The van der Waals surface area contributed by atoms with E-state index in [1.54, 1.807) is 18.2 Å². The van der Waals surface area contributed by atoms with Crippen LogP contribution < -0.4 is 0 Å². The van der Waals surface area contributed by atoms with E-state index in [0.717, 1.165) is 11.1 Å². The maximum Gasteiger partial charge on any atom is 0.255 e. The Bertz CT molecular complexity index is 1040. The molecule has 136 valence electrons. The zero-order valence-electron chi connectivity index (χ0n) is 14.4.